The minimum absolute atomic E-state index is 0.0201. The van der Waals surface area contributed by atoms with Gasteiger partial charge in [-0.1, -0.05) is 12.1 Å². The van der Waals surface area contributed by atoms with Crippen LogP contribution in [-0.4, -0.2) is 42.0 Å². The summed E-state index contributed by atoms with van der Waals surface area (Å²) in [5.41, 5.74) is -0.435. The molecule has 0 fully saturated rings. The van der Waals surface area contributed by atoms with E-state index in [0.717, 1.165) is 6.07 Å². The molecule has 1 atom stereocenters. The molecule has 2 aromatic rings. The summed E-state index contributed by atoms with van der Waals surface area (Å²) in [7, 11) is 1.29. The first kappa shape index (κ1) is 25.8. The number of para-hydroxylation sites is 1. The van der Waals surface area contributed by atoms with Gasteiger partial charge in [0.1, 0.15) is 5.75 Å². The second-order valence-electron chi connectivity index (χ2n) is 6.56. The zero-order chi connectivity index (χ0) is 25.5. The van der Waals surface area contributed by atoms with Crippen molar-refractivity contribution < 1.29 is 42.0 Å². The first-order chi connectivity index (χ1) is 15.9. The Balaban J connectivity index is 2.11. The molecule has 0 aliphatic carbocycles. The molecule has 2 rings (SSSR count). The van der Waals surface area contributed by atoms with Crippen LogP contribution < -0.4 is 15.4 Å². The molecule has 180 valence electrons. The van der Waals surface area contributed by atoms with Crippen LogP contribution in [-0.2, 0) is 14.3 Å². The average molecular weight is 481 g/mol. The predicted molar refractivity (Wildman–Crippen MR) is 113 cm³/mol. The molecule has 0 aromatic heterocycles. The number of amides is 1. The highest BCUT2D eigenvalue weighted by atomic mass is 19.4. The summed E-state index contributed by atoms with van der Waals surface area (Å²) in [5, 5.41) is 15.7. The fourth-order valence-corrected chi connectivity index (χ4v) is 2.51. The minimum atomic E-state index is -5.04. The van der Waals surface area contributed by atoms with E-state index < -0.39 is 34.9 Å². The number of hydrogen-bond donors (Lipinski definition) is 2. The molecule has 34 heavy (non-hydrogen) atoms. The van der Waals surface area contributed by atoms with Gasteiger partial charge in [0.25, 0.3) is 17.4 Å². The lowest BCUT2D eigenvalue weighted by atomic mass is 10.1. The van der Waals surface area contributed by atoms with Crippen molar-refractivity contribution in [3.8, 4) is 5.75 Å². The normalized spacial score (nSPS) is 12.0. The Morgan fingerprint density at radius 1 is 1.12 bits per heavy atom. The number of nitro benzene ring substituents is 1. The topological polar surface area (TPSA) is 137 Å². The number of carbonyl (C=O) groups excluding carboxylic acids is 3. The molecular formula is C21H18F3N3O7. The van der Waals surface area contributed by atoms with Gasteiger partial charge < -0.3 is 20.1 Å². The largest absolute Gasteiger partial charge is 0.495 e. The number of carbonyl (C=O) groups is 3. The maximum atomic E-state index is 12.5. The Kier molecular flexibility index (Phi) is 8.31. The van der Waals surface area contributed by atoms with Gasteiger partial charge in [-0.25, -0.2) is 4.79 Å². The number of methoxy groups -OCH3 is 1. The molecule has 0 spiro atoms. The Morgan fingerprint density at radius 3 is 2.41 bits per heavy atom. The lowest BCUT2D eigenvalue weighted by molar-refractivity contribution is -0.384. The monoisotopic (exact) mass is 481 g/mol. The van der Waals surface area contributed by atoms with Crippen molar-refractivity contribution in [2.45, 2.75) is 19.2 Å². The lowest BCUT2D eigenvalue weighted by Crippen LogP contribution is -2.30. The van der Waals surface area contributed by atoms with Gasteiger partial charge in [0.05, 0.1) is 29.0 Å². The second-order valence-corrected chi connectivity index (χ2v) is 6.56. The van der Waals surface area contributed by atoms with Gasteiger partial charge in [0.15, 0.2) is 6.10 Å². The first-order valence-electron chi connectivity index (χ1n) is 9.41. The number of non-ortho nitro benzene ring substituents is 1. The zero-order valence-corrected chi connectivity index (χ0v) is 17.7. The molecule has 0 saturated carbocycles. The zero-order valence-electron chi connectivity index (χ0n) is 17.7. The Hall–Kier alpha value is -4.42. The van der Waals surface area contributed by atoms with Crippen LogP contribution in [0.5, 0.6) is 5.75 Å². The van der Waals surface area contributed by atoms with Gasteiger partial charge in [-0.2, -0.15) is 13.2 Å². The highest BCUT2D eigenvalue weighted by Crippen LogP contribution is 2.29. The third-order valence-electron chi connectivity index (χ3n) is 4.20. The SMILES string of the molecule is COc1ccc([N+](=O)[O-])cc1NC(=O)C(C)OC(=O)c1ccccc1NC=CC(=O)C(F)(F)F. The van der Waals surface area contributed by atoms with E-state index in [2.05, 4.69) is 10.6 Å². The number of nitrogens with zero attached hydrogens (tertiary/aromatic N) is 1. The quantitative estimate of drug-likeness (QED) is 0.239. The molecule has 13 heteroatoms. The summed E-state index contributed by atoms with van der Waals surface area (Å²) in [6.45, 7) is 1.25. The Morgan fingerprint density at radius 2 is 1.79 bits per heavy atom. The third-order valence-corrected chi connectivity index (χ3v) is 4.20. The molecule has 0 saturated heterocycles. The minimum Gasteiger partial charge on any atom is -0.495 e. The smallest absolute Gasteiger partial charge is 0.454 e. The number of ketones is 1. The van der Waals surface area contributed by atoms with E-state index >= 15 is 0 Å². The Bertz CT molecular complexity index is 1130. The van der Waals surface area contributed by atoms with Crippen molar-refractivity contribution >= 4 is 34.7 Å². The van der Waals surface area contributed by atoms with Crippen LogP contribution in [0.2, 0.25) is 0 Å². The van der Waals surface area contributed by atoms with E-state index in [1.165, 1.54) is 50.4 Å². The number of benzene rings is 2. The lowest BCUT2D eigenvalue weighted by Gasteiger charge is -2.16. The molecule has 1 unspecified atom stereocenters. The Labute approximate surface area is 190 Å². The average Bonchev–Trinajstić information content (AvgIpc) is 2.78. The van der Waals surface area contributed by atoms with Gasteiger partial charge in [-0.15, -0.1) is 0 Å². The maximum absolute atomic E-state index is 12.5. The van der Waals surface area contributed by atoms with Crippen LogP contribution in [0, 0.1) is 10.1 Å². The number of hydrogen-bond acceptors (Lipinski definition) is 8. The van der Waals surface area contributed by atoms with Crippen LogP contribution in [0.1, 0.15) is 17.3 Å². The molecule has 0 heterocycles. The van der Waals surface area contributed by atoms with Crippen molar-refractivity contribution in [1.29, 1.82) is 0 Å². The van der Waals surface area contributed by atoms with Gasteiger partial charge >= 0.3 is 12.1 Å². The number of allylic oxidation sites excluding steroid dienone is 1. The number of alkyl halides is 3. The number of esters is 1. The number of rotatable bonds is 9. The van der Waals surface area contributed by atoms with Crippen LogP contribution in [0.25, 0.3) is 0 Å². The fraction of sp³-hybridized carbons (Fsp3) is 0.190. The number of nitrogens with one attached hydrogen (secondary N) is 2. The molecule has 2 aromatic carbocycles. The van der Waals surface area contributed by atoms with Crippen molar-refractivity contribution in [3.05, 3.63) is 70.4 Å². The van der Waals surface area contributed by atoms with Crippen molar-refractivity contribution in [3.63, 3.8) is 0 Å². The molecule has 0 aliphatic rings. The molecular weight excluding hydrogens is 463 g/mol. The van der Waals surface area contributed by atoms with Gasteiger partial charge in [0, 0.05) is 24.4 Å². The molecule has 1 amide bonds. The molecule has 0 aliphatic heterocycles. The van der Waals surface area contributed by atoms with Crippen molar-refractivity contribution in [1.82, 2.24) is 0 Å². The van der Waals surface area contributed by atoms with Gasteiger partial charge in [-0.05, 0) is 25.1 Å². The maximum Gasteiger partial charge on any atom is 0.454 e. The highest BCUT2D eigenvalue weighted by molar-refractivity contribution is 6.00. The standard InChI is InChI=1S/C21H18F3N3O7/c1-12(19(29)26-16-11-13(27(31)32)7-8-17(16)33-2)34-20(30)14-5-3-4-6-15(14)25-10-9-18(28)21(22,23)24/h3-12,25H,1-2H3,(H,26,29). The fourth-order valence-electron chi connectivity index (χ4n) is 2.51. The summed E-state index contributed by atoms with van der Waals surface area (Å²) >= 11 is 0. The predicted octanol–water partition coefficient (Wildman–Crippen LogP) is 3.84. The van der Waals surface area contributed by atoms with Crippen LogP contribution >= 0.6 is 0 Å². The van der Waals surface area contributed by atoms with Crippen LogP contribution in [0.3, 0.4) is 0 Å². The van der Waals surface area contributed by atoms with E-state index in [4.69, 9.17) is 9.47 Å². The van der Waals surface area contributed by atoms with Crippen molar-refractivity contribution in [2.24, 2.45) is 0 Å². The molecule has 0 radical (unpaired) electrons. The summed E-state index contributed by atoms with van der Waals surface area (Å²) in [5.74, 6) is -3.78. The van der Waals surface area contributed by atoms with E-state index in [9.17, 15) is 37.7 Å². The summed E-state index contributed by atoms with van der Waals surface area (Å²) in [6, 6.07) is 9.09. The first-order valence-corrected chi connectivity index (χ1v) is 9.41. The third kappa shape index (κ3) is 6.79. The molecule has 0 bridgehead atoms. The van der Waals surface area contributed by atoms with E-state index in [0.29, 0.717) is 6.20 Å². The summed E-state index contributed by atoms with van der Waals surface area (Å²) in [4.78, 5) is 46.2. The van der Waals surface area contributed by atoms with E-state index in [1.54, 1.807) is 0 Å². The van der Waals surface area contributed by atoms with Gasteiger partial charge in [-0.3, -0.25) is 19.7 Å². The van der Waals surface area contributed by atoms with Gasteiger partial charge in [0.2, 0.25) is 0 Å². The number of anilines is 2. The van der Waals surface area contributed by atoms with E-state index in [1.807, 2.05) is 0 Å². The number of halogens is 3. The van der Waals surface area contributed by atoms with E-state index in [-0.39, 0.29) is 34.5 Å². The number of ether oxygens (including phenoxy) is 2. The van der Waals surface area contributed by atoms with Crippen molar-refractivity contribution in [2.75, 3.05) is 17.7 Å². The second kappa shape index (κ2) is 10.9. The van der Waals surface area contributed by atoms with Crippen LogP contribution in [0.15, 0.2) is 54.7 Å². The highest BCUT2D eigenvalue weighted by Gasteiger charge is 2.36. The summed E-state index contributed by atoms with van der Waals surface area (Å²) < 4.78 is 47.0. The van der Waals surface area contributed by atoms with Crippen LogP contribution in [0.4, 0.5) is 30.2 Å². The number of nitro groups is 1. The molecule has 10 nitrogen and oxygen atoms in total. The summed E-state index contributed by atoms with van der Waals surface area (Å²) in [6.07, 6.45) is -5.44. The molecule has 2 N–H and O–H groups in total.